The largest absolute Gasteiger partial charge is 0.507 e. The molecule has 0 aliphatic carbocycles. The van der Waals surface area contributed by atoms with Gasteiger partial charge in [0.25, 0.3) is 0 Å². The maximum atomic E-state index is 12.1. The van der Waals surface area contributed by atoms with Gasteiger partial charge in [-0.1, -0.05) is 12.2 Å². The predicted molar refractivity (Wildman–Crippen MR) is 78.0 cm³/mol. The van der Waals surface area contributed by atoms with Crippen molar-refractivity contribution in [1.29, 1.82) is 0 Å². The third-order valence-electron chi connectivity index (χ3n) is 3.18. The molecule has 5 heteroatoms. The van der Waals surface area contributed by atoms with Gasteiger partial charge in [0.05, 0.1) is 20.3 Å². The maximum Gasteiger partial charge on any atom is 0.345 e. The second kappa shape index (κ2) is 7.57. The maximum absolute atomic E-state index is 12.1. The number of hydrogen-bond donors (Lipinski definition) is 1. The SMILES string of the molecule is COc1cc(O)c2c(c1)OCCC/C=C\CCCOC2=O. The van der Waals surface area contributed by atoms with Crippen molar-refractivity contribution in [3.05, 3.63) is 29.8 Å². The van der Waals surface area contributed by atoms with Gasteiger partial charge in [-0.15, -0.1) is 0 Å². The molecule has 0 saturated carbocycles. The van der Waals surface area contributed by atoms with E-state index in [4.69, 9.17) is 14.2 Å². The number of cyclic esters (lactones) is 1. The number of esters is 1. The van der Waals surface area contributed by atoms with Crippen LogP contribution >= 0.6 is 0 Å². The lowest BCUT2D eigenvalue weighted by Crippen LogP contribution is -2.10. The molecular weight excluding hydrogens is 272 g/mol. The first-order valence-electron chi connectivity index (χ1n) is 7.08. The highest BCUT2D eigenvalue weighted by Gasteiger charge is 2.21. The Labute approximate surface area is 124 Å². The number of carbonyl (C=O) groups is 1. The van der Waals surface area contributed by atoms with Gasteiger partial charge >= 0.3 is 5.97 Å². The first-order valence-corrected chi connectivity index (χ1v) is 7.08. The summed E-state index contributed by atoms with van der Waals surface area (Å²) in [7, 11) is 1.49. The van der Waals surface area contributed by atoms with Crippen LogP contribution in [0.25, 0.3) is 0 Å². The summed E-state index contributed by atoms with van der Waals surface area (Å²) >= 11 is 0. The molecule has 1 N–H and O–H groups in total. The molecule has 5 nitrogen and oxygen atoms in total. The molecule has 1 aliphatic rings. The summed E-state index contributed by atoms with van der Waals surface area (Å²) in [5.74, 6) is -0.0425. The van der Waals surface area contributed by atoms with Crippen LogP contribution in [0, 0.1) is 0 Å². The summed E-state index contributed by atoms with van der Waals surface area (Å²) in [5.41, 5.74) is 0.0583. The lowest BCUT2D eigenvalue weighted by Gasteiger charge is -2.14. The molecular formula is C16H20O5. The van der Waals surface area contributed by atoms with Crippen molar-refractivity contribution in [2.75, 3.05) is 20.3 Å². The van der Waals surface area contributed by atoms with Crippen molar-refractivity contribution < 1.29 is 24.1 Å². The highest BCUT2D eigenvalue weighted by atomic mass is 16.5. The summed E-state index contributed by atoms with van der Waals surface area (Å²) in [5, 5.41) is 10.0. The van der Waals surface area contributed by atoms with E-state index in [0.717, 1.165) is 25.7 Å². The highest BCUT2D eigenvalue weighted by molar-refractivity contribution is 5.95. The second-order valence-corrected chi connectivity index (χ2v) is 4.76. The molecule has 21 heavy (non-hydrogen) atoms. The van der Waals surface area contributed by atoms with Gasteiger partial charge in [0.2, 0.25) is 0 Å². The van der Waals surface area contributed by atoms with Crippen LogP contribution in [0.2, 0.25) is 0 Å². The van der Waals surface area contributed by atoms with Crippen molar-refractivity contribution in [2.24, 2.45) is 0 Å². The van der Waals surface area contributed by atoms with Crippen molar-refractivity contribution in [3.63, 3.8) is 0 Å². The van der Waals surface area contributed by atoms with Crippen LogP contribution in [0.1, 0.15) is 36.0 Å². The molecule has 0 unspecified atom stereocenters. The summed E-state index contributed by atoms with van der Waals surface area (Å²) in [6, 6.07) is 2.97. The van der Waals surface area contributed by atoms with Crippen LogP contribution in [0.3, 0.4) is 0 Å². The molecule has 114 valence electrons. The van der Waals surface area contributed by atoms with E-state index in [1.54, 1.807) is 6.07 Å². The van der Waals surface area contributed by atoms with Crippen LogP contribution in [0.15, 0.2) is 24.3 Å². The molecule has 1 aliphatic heterocycles. The van der Waals surface area contributed by atoms with Gasteiger partial charge < -0.3 is 19.3 Å². The molecule has 0 radical (unpaired) electrons. The smallest absolute Gasteiger partial charge is 0.345 e. The summed E-state index contributed by atoms with van der Waals surface area (Å²) < 4.78 is 15.9. The van der Waals surface area contributed by atoms with Gasteiger partial charge in [-0.25, -0.2) is 4.79 Å². The molecule has 2 rings (SSSR count). The number of ether oxygens (including phenoxy) is 3. The Morgan fingerprint density at radius 3 is 2.43 bits per heavy atom. The number of fused-ring (bicyclic) bond motifs is 1. The van der Waals surface area contributed by atoms with E-state index in [1.165, 1.54) is 13.2 Å². The number of carbonyl (C=O) groups excluding carboxylic acids is 1. The zero-order chi connectivity index (χ0) is 15.1. The molecule has 0 amide bonds. The lowest BCUT2D eigenvalue weighted by molar-refractivity contribution is 0.0493. The average molecular weight is 292 g/mol. The van der Waals surface area contributed by atoms with E-state index >= 15 is 0 Å². The predicted octanol–water partition coefficient (Wildman–Crippen LogP) is 3.07. The zero-order valence-electron chi connectivity index (χ0n) is 12.1. The van der Waals surface area contributed by atoms with Crippen molar-refractivity contribution in [2.45, 2.75) is 25.7 Å². The zero-order valence-corrected chi connectivity index (χ0v) is 12.1. The summed E-state index contributed by atoms with van der Waals surface area (Å²) in [6.45, 7) is 0.769. The van der Waals surface area contributed by atoms with E-state index < -0.39 is 5.97 Å². The van der Waals surface area contributed by atoms with Gasteiger partial charge in [-0.3, -0.25) is 0 Å². The number of hydrogen-bond acceptors (Lipinski definition) is 5. The van der Waals surface area contributed by atoms with Gasteiger partial charge in [0.15, 0.2) is 0 Å². The molecule has 1 aromatic carbocycles. The molecule has 1 aromatic rings. The topological polar surface area (TPSA) is 65.0 Å². The van der Waals surface area contributed by atoms with Crippen molar-refractivity contribution in [1.82, 2.24) is 0 Å². The Bertz CT molecular complexity index is 522. The first kappa shape index (κ1) is 15.2. The number of methoxy groups -OCH3 is 1. The molecule has 0 bridgehead atoms. The Morgan fingerprint density at radius 1 is 1.10 bits per heavy atom. The average Bonchev–Trinajstić information content (AvgIpc) is 2.49. The minimum absolute atomic E-state index is 0.0583. The van der Waals surface area contributed by atoms with Crippen LogP contribution in [-0.2, 0) is 4.74 Å². The van der Waals surface area contributed by atoms with Crippen LogP contribution in [0.4, 0.5) is 0 Å². The quantitative estimate of drug-likeness (QED) is 0.636. The molecule has 0 fully saturated rings. The van der Waals surface area contributed by atoms with E-state index in [0.29, 0.717) is 24.7 Å². The van der Waals surface area contributed by atoms with Gasteiger partial charge in [0.1, 0.15) is 22.8 Å². The standard InChI is InChI=1S/C16H20O5/c1-19-12-10-13(17)15-14(11-12)20-8-6-4-2-3-5-7-9-21-16(15)18/h2-3,10-11,17H,4-9H2,1H3/b3-2-. The third kappa shape index (κ3) is 4.15. The minimum Gasteiger partial charge on any atom is -0.507 e. The van der Waals surface area contributed by atoms with Gasteiger partial charge in [-0.05, 0) is 25.7 Å². The highest BCUT2D eigenvalue weighted by Crippen LogP contribution is 2.34. The first-order chi connectivity index (χ1) is 10.2. The number of phenolic OH excluding ortho intramolecular Hbond substituents is 1. The van der Waals surface area contributed by atoms with Crippen molar-refractivity contribution >= 4 is 5.97 Å². The molecule has 1 heterocycles. The fourth-order valence-corrected chi connectivity index (χ4v) is 2.07. The van der Waals surface area contributed by atoms with E-state index in [-0.39, 0.29) is 11.3 Å². The summed E-state index contributed by atoms with van der Waals surface area (Å²) in [6.07, 6.45) is 7.57. The number of aromatic hydroxyl groups is 1. The second-order valence-electron chi connectivity index (χ2n) is 4.76. The number of benzene rings is 1. The Kier molecular flexibility index (Phi) is 5.49. The monoisotopic (exact) mass is 292 g/mol. The number of rotatable bonds is 1. The van der Waals surface area contributed by atoms with E-state index in [1.807, 2.05) is 0 Å². The molecule has 0 aromatic heterocycles. The molecule has 0 saturated heterocycles. The van der Waals surface area contributed by atoms with E-state index in [2.05, 4.69) is 12.2 Å². The van der Waals surface area contributed by atoms with Crippen LogP contribution < -0.4 is 9.47 Å². The third-order valence-corrected chi connectivity index (χ3v) is 3.18. The Morgan fingerprint density at radius 2 is 1.76 bits per heavy atom. The fraction of sp³-hybridized carbons (Fsp3) is 0.438. The van der Waals surface area contributed by atoms with Crippen LogP contribution in [-0.4, -0.2) is 31.4 Å². The minimum atomic E-state index is -0.576. The molecule has 0 atom stereocenters. The van der Waals surface area contributed by atoms with Gasteiger partial charge in [0, 0.05) is 12.1 Å². The Hall–Kier alpha value is -2.17. The number of allylic oxidation sites excluding steroid dienone is 2. The van der Waals surface area contributed by atoms with Crippen LogP contribution in [0.5, 0.6) is 17.2 Å². The van der Waals surface area contributed by atoms with E-state index in [9.17, 15) is 9.90 Å². The fourth-order valence-electron chi connectivity index (χ4n) is 2.07. The summed E-state index contributed by atoms with van der Waals surface area (Å²) in [4.78, 5) is 12.1. The lowest BCUT2D eigenvalue weighted by atomic mass is 10.1. The number of phenols is 1. The van der Waals surface area contributed by atoms with Gasteiger partial charge in [-0.2, -0.15) is 0 Å². The normalized spacial score (nSPS) is 18.0. The van der Waals surface area contributed by atoms with Crippen molar-refractivity contribution in [3.8, 4) is 17.2 Å². The Balaban J connectivity index is 2.28. The molecule has 0 spiro atoms.